The molecule has 0 unspecified atom stereocenters. The normalized spacial score (nSPS) is 26.7. The average molecular weight is 413 g/mol. The highest BCUT2D eigenvalue weighted by molar-refractivity contribution is 5.94. The number of fused-ring (bicyclic) bond motifs is 2. The van der Waals surface area contributed by atoms with E-state index in [1.807, 2.05) is 12.1 Å². The Morgan fingerprint density at radius 3 is 2.40 bits per heavy atom. The summed E-state index contributed by atoms with van der Waals surface area (Å²) in [6.07, 6.45) is 10.3. The summed E-state index contributed by atoms with van der Waals surface area (Å²) in [5, 5.41) is 8.61. The van der Waals surface area contributed by atoms with Crippen LogP contribution in [0.25, 0.3) is 0 Å². The van der Waals surface area contributed by atoms with Gasteiger partial charge in [0.25, 0.3) is 0 Å². The number of nitrogens with one attached hydrogen (secondary N) is 3. The van der Waals surface area contributed by atoms with Crippen molar-refractivity contribution < 1.29 is 9.59 Å². The zero-order valence-electron chi connectivity index (χ0n) is 18.2. The van der Waals surface area contributed by atoms with Crippen LogP contribution in [0.1, 0.15) is 58.3 Å². The van der Waals surface area contributed by atoms with E-state index in [1.165, 1.54) is 57.1 Å². The lowest BCUT2D eigenvalue weighted by atomic mass is 9.84. The molecule has 0 radical (unpaired) electrons. The van der Waals surface area contributed by atoms with Crippen LogP contribution in [-0.4, -0.2) is 37.6 Å². The number of nitrogens with zero attached hydrogens (tertiary/aromatic N) is 1. The third-order valence-corrected chi connectivity index (χ3v) is 7.33. The molecule has 2 saturated carbocycles. The molecule has 1 heterocycles. The van der Waals surface area contributed by atoms with Gasteiger partial charge in [0.15, 0.2) is 0 Å². The molecule has 4 rings (SSSR count). The van der Waals surface area contributed by atoms with Crippen LogP contribution in [-0.2, 0) is 4.79 Å². The van der Waals surface area contributed by atoms with Gasteiger partial charge in [-0.05, 0) is 81.0 Å². The molecule has 2 aliphatic carbocycles. The molecule has 3 amide bonds. The molecule has 3 N–H and O–H groups in total. The van der Waals surface area contributed by atoms with Crippen LogP contribution in [0.2, 0.25) is 0 Å². The molecule has 3 fully saturated rings. The van der Waals surface area contributed by atoms with E-state index in [1.54, 1.807) is 0 Å². The molecule has 6 nitrogen and oxygen atoms in total. The standard InChI is InChI=1S/C24H36N4O2/c1-17(22-15-18-6-7-19(22)14-18)26-24(30)25-16-23(29)27-20-8-10-21(11-9-20)28-12-4-2-3-5-13-28/h8-11,17-19,22H,2-7,12-16H2,1H3,(H,27,29)(H2,25,26,30)/t17-,18-,19-,22-/m0/s1. The minimum atomic E-state index is -0.253. The van der Waals surface area contributed by atoms with Gasteiger partial charge in [-0.2, -0.15) is 0 Å². The summed E-state index contributed by atoms with van der Waals surface area (Å²) in [5.74, 6) is 2.01. The van der Waals surface area contributed by atoms with Crippen LogP contribution < -0.4 is 20.9 Å². The fraction of sp³-hybridized carbons (Fsp3) is 0.667. The monoisotopic (exact) mass is 412 g/mol. The van der Waals surface area contributed by atoms with Crippen molar-refractivity contribution in [1.29, 1.82) is 0 Å². The Morgan fingerprint density at radius 2 is 1.77 bits per heavy atom. The molecule has 1 saturated heterocycles. The SMILES string of the molecule is C[C@H](NC(=O)NCC(=O)Nc1ccc(N2CCCCCC2)cc1)[C@@H]1C[C@H]2CC[C@H]1C2. The maximum absolute atomic E-state index is 12.2. The molecule has 1 aromatic carbocycles. The van der Waals surface area contributed by atoms with Crippen molar-refractivity contribution in [3.05, 3.63) is 24.3 Å². The summed E-state index contributed by atoms with van der Waals surface area (Å²) < 4.78 is 0. The number of hydrogen-bond acceptors (Lipinski definition) is 3. The van der Waals surface area contributed by atoms with Crippen molar-refractivity contribution in [3.8, 4) is 0 Å². The topological polar surface area (TPSA) is 73.5 Å². The third kappa shape index (κ3) is 5.27. The predicted molar refractivity (Wildman–Crippen MR) is 121 cm³/mol. The van der Waals surface area contributed by atoms with E-state index in [4.69, 9.17) is 0 Å². The van der Waals surface area contributed by atoms with E-state index < -0.39 is 0 Å². The second-order valence-corrected chi connectivity index (χ2v) is 9.45. The number of urea groups is 1. The minimum absolute atomic E-state index is 0.0247. The van der Waals surface area contributed by atoms with Crippen LogP contribution in [0.3, 0.4) is 0 Å². The van der Waals surface area contributed by atoms with E-state index in [0.717, 1.165) is 30.6 Å². The highest BCUT2D eigenvalue weighted by Crippen LogP contribution is 2.49. The molecule has 0 spiro atoms. The van der Waals surface area contributed by atoms with Crippen LogP contribution in [0, 0.1) is 17.8 Å². The highest BCUT2D eigenvalue weighted by Gasteiger charge is 2.42. The Morgan fingerprint density at radius 1 is 1.03 bits per heavy atom. The van der Waals surface area contributed by atoms with E-state index in [-0.39, 0.29) is 24.5 Å². The smallest absolute Gasteiger partial charge is 0.315 e. The molecule has 2 bridgehead atoms. The quantitative estimate of drug-likeness (QED) is 0.658. The van der Waals surface area contributed by atoms with Crippen molar-refractivity contribution in [3.63, 3.8) is 0 Å². The molecule has 1 aliphatic heterocycles. The van der Waals surface area contributed by atoms with Gasteiger partial charge in [-0.1, -0.05) is 19.3 Å². The number of carbonyl (C=O) groups excluding carboxylic acids is 2. The van der Waals surface area contributed by atoms with E-state index in [9.17, 15) is 9.59 Å². The summed E-state index contributed by atoms with van der Waals surface area (Å²) in [7, 11) is 0. The van der Waals surface area contributed by atoms with Gasteiger partial charge in [0, 0.05) is 30.5 Å². The summed E-state index contributed by atoms with van der Waals surface area (Å²) in [5.41, 5.74) is 1.97. The second kappa shape index (κ2) is 9.71. The maximum Gasteiger partial charge on any atom is 0.315 e. The van der Waals surface area contributed by atoms with E-state index in [0.29, 0.717) is 5.92 Å². The first kappa shape index (κ1) is 21.0. The average Bonchev–Trinajstić information content (AvgIpc) is 3.28. The number of hydrogen-bond donors (Lipinski definition) is 3. The Labute approximate surface area is 180 Å². The zero-order valence-corrected chi connectivity index (χ0v) is 18.2. The van der Waals surface area contributed by atoms with Gasteiger partial charge in [0.2, 0.25) is 5.91 Å². The van der Waals surface area contributed by atoms with Gasteiger partial charge >= 0.3 is 6.03 Å². The lowest BCUT2D eigenvalue weighted by Gasteiger charge is -2.28. The van der Waals surface area contributed by atoms with Crippen LogP contribution in [0.5, 0.6) is 0 Å². The fourth-order valence-electron chi connectivity index (χ4n) is 5.72. The number of rotatable bonds is 6. The van der Waals surface area contributed by atoms with Crippen LogP contribution in [0.4, 0.5) is 16.2 Å². The fourth-order valence-corrected chi connectivity index (χ4v) is 5.72. The molecule has 6 heteroatoms. The van der Waals surface area contributed by atoms with Crippen LogP contribution >= 0.6 is 0 Å². The molecule has 1 aromatic rings. The molecule has 4 atom stereocenters. The van der Waals surface area contributed by atoms with Gasteiger partial charge in [0.1, 0.15) is 0 Å². The first-order chi connectivity index (χ1) is 14.6. The highest BCUT2D eigenvalue weighted by atomic mass is 16.2. The lowest BCUT2D eigenvalue weighted by Crippen LogP contribution is -2.47. The first-order valence-corrected chi connectivity index (χ1v) is 11.8. The van der Waals surface area contributed by atoms with Crippen molar-refractivity contribution in [2.45, 2.75) is 64.3 Å². The summed E-state index contributed by atoms with van der Waals surface area (Å²) in [6, 6.07) is 7.92. The lowest BCUT2D eigenvalue weighted by molar-refractivity contribution is -0.115. The van der Waals surface area contributed by atoms with Crippen LogP contribution in [0.15, 0.2) is 24.3 Å². The maximum atomic E-state index is 12.2. The summed E-state index contributed by atoms with van der Waals surface area (Å²) in [4.78, 5) is 26.9. The van der Waals surface area contributed by atoms with Gasteiger partial charge in [-0.3, -0.25) is 4.79 Å². The largest absolute Gasteiger partial charge is 0.372 e. The molecular weight excluding hydrogens is 376 g/mol. The Kier molecular flexibility index (Phi) is 6.80. The molecule has 0 aromatic heterocycles. The number of carbonyl (C=O) groups is 2. The molecule has 164 valence electrons. The molecule has 3 aliphatic rings. The number of benzene rings is 1. The molecular formula is C24H36N4O2. The van der Waals surface area contributed by atoms with Gasteiger partial charge < -0.3 is 20.9 Å². The summed E-state index contributed by atoms with van der Waals surface area (Å²) >= 11 is 0. The first-order valence-electron chi connectivity index (χ1n) is 11.8. The summed E-state index contributed by atoms with van der Waals surface area (Å²) in [6.45, 7) is 4.27. The molecule has 30 heavy (non-hydrogen) atoms. The third-order valence-electron chi connectivity index (χ3n) is 7.33. The van der Waals surface area contributed by atoms with Gasteiger partial charge in [-0.15, -0.1) is 0 Å². The minimum Gasteiger partial charge on any atom is -0.372 e. The zero-order chi connectivity index (χ0) is 20.9. The van der Waals surface area contributed by atoms with Gasteiger partial charge in [-0.25, -0.2) is 4.79 Å². The number of anilines is 2. The predicted octanol–water partition coefficient (Wildman–Crippen LogP) is 4.13. The van der Waals surface area contributed by atoms with Gasteiger partial charge in [0.05, 0.1) is 6.54 Å². The van der Waals surface area contributed by atoms with Crippen molar-refractivity contribution >= 4 is 23.3 Å². The van der Waals surface area contributed by atoms with Crippen molar-refractivity contribution in [2.75, 3.05) is 29.9 Å². The number of amides is 3. The van der Waals surface area contributed by atoms with Crippen molar-refractivity contribution in [1.82, 2.24) is 10.6 Å². The Balaban J connectivity index is 1.18. The Hall–Kier alpha value is -2.24. The Bertz CT molecular complexity index is 727. The van der Waals surface area contributed by atoms with Crippen molar-refractivity contribution in [2.24, 2.45) is 17.8 Å². The second-order valence-electron chi connectivity index (χ2n) is 9.45. The van der Waals surface area contributed by atoms with E-state index in [2.05, 4.69) is 39.9 Å². The van der Waals surface area contributed by atoms with E-state index >= 15 is 0 Å².